The first-order valence-corrected chi connectivity index (χ1v) is 7.40. The number of rotatable bonds is 3. The average molecular weight is 285 g/mol. The molecule has 0 bridgehead atoms. The van der Waals surface area contributed by atoms with Gasteiger partial charge in [0.25, 0.3) is 5.91 Å². The number of hydrogen-bond donors (Lipinski definition) is 2. The van der Waals surface area contributed by atoms with E-state index in [0.29, 0.717) is 24.7 Å². The Bertz CT molecular complexity index is 571. The van der Waals surface area contributed by atoms with Crippen molar-refractivity contribution in [1.29, 1.82) is 0 Å². The zero-order valence-electron chi connectivity index (χ0n) is 12.8. The maximum Gasteiger partial charge on any atom is 0.252 e. The second-order valence-electron chi connectivity index (χ2n) is 5.54. The molecule has 1 aliphatic rings. The molecule has 1 fully saturated rings. The lowest BCUT2D eigenvalue weighted by molar-refractivity contribution is 0.0943. The number of nitrogens with zero attached hydrogens (tertiary/aromatic N) is 1. The Kier molecular flexibility index (Phi) is 5.38. The van der Waals surface area contributed by atoms with Crippen LogP contribution in [0.2, 0.25) is 0 Å². The number of likely N-dealkylation sites (tertiary alicyclic amines) is 1. The van der Waals surface area contributed by atoms with Gasteiger partial charge in [0.05, 0.1) is 12.1 Å². The lowest BCUT2D eigenvalue weighted by atomic mass is 10.0. The molecule has 0 aromatic heterocycles. The van der Waals surface area contributed by atoms with Crippen LogP contribution in [0.25, 0.3) is 0 Å². The molecular formula is C17H23N3O. The summed E-state index contributed by atoms with van der Waals surface area (Å²) >= 11 is 0. The molecule has 3 N–H and O–H groups in total. The SMILES string of the molecule is Cc1ccc(C(=O)NCC2CCCN2C)c(C#CCN)c1. The number of hydrogen-bond acceptors (Lipinski definition) is 3. The van der Waals surface area contributed by atoms with Crippen molar-refractivity contribution in [2.24, 2.45) is 5.73 Å². The monoisotopic (exact) mass is 285 g/mol. The predicted octanol–water partition coefficient (Wildman–Crippen LogP) is 1.13. The van der Waals surface area contributed by atoms with E-state index in [9.17, 15) is 4.79 Å². The quantitative estimate of drug-likeness (QED) is 0.819. The Balaban J connectivity index is 2.07. The topological polar surface area (TPSA) is 58.4 Å². The van der Waals surface area contributed by atoms with Gasteiger partial charge in [0.15, 0.2) is 0 Å². The molecule has 21 heavy (non-hydrogen) atoms. The summed E-state index contributed by atoms with van der Waals surface area (Å²) in [5, 5.41) is 3.03. The molecule has 1 aromatic carbocycles. The van der Waals surface area contributed by atoms with E-state index in [2.05, 4.69) is 29.1 Å². The molecule has 1 atom stereocenters. The third-order valence-electron chi connectivity index (χ3n) is 3.91. The molecule has 1 unspecified atom stereocenters. The van der Waals surface area contributed by atoms with E-state index in [1.54, 1.807) is 0 Å². The van der Waals surface area contributed by atoms with E-state index in [1.165, 1.54) is 6.42 Å². The first-order valence-electron chi connectivity index (χ1n) is 7.40. The highest BCUT2D eigenvalue weighted by molar-refractivity contribution is 5.96. The summed E-state index contributed by atoms with van der Waals surface area (Å²) in [5.41, 5.74) is 7.88. The zero-order chi connectivity index (χ0) is 15.2. The predicted molar refractivity (Wildman–Crippen MR) is 85.1 cm³/mol. The van der Waals surface area contributed by atoms with Gasteiger partial charge in [0.1, 0.15) is 0 Å². The summed E-state index contributed by atoms with van der Waals surface area (Å²) in [4.78, 5) is 14.7. The van der Waals surface area contributed by atoms with Crippen LogP contribution in [0.5, 0.6) is 0 Å². The molecule has 1 heterocycles. The highest BCUT2D eigenvalue weighted by atomic mass is 16.1. The fourth-order valence-corrected chi connectivity index (χ4v) is 2.65. The first kappa shape index (κ1) is 15.6. The third kappa shape index (κ3) is 4.07. The van der Waals surface area contributed by atoms with E-state index in [0.717, 1.165) is 24.1 Å². The van der Waals surface area contributed by atoms with Gasteiger partial charge < -0.3 is 16.0 Å². The summed E-state index contributed by atoms with van der Waals surface area (Å²) in [6.45, 7) is 4.08. The summed E-state index contributed by atoms with van der Waals surface area (Å²) in [7, 11) is 2.11. The summed E-state index contributed by atoms with van der Waals surface area (Å²) in [5.74, 6) is 5.75. The highest BCUT2D eigenvalue weighted by Gasteiger charge is 2.21. The van der Waals surface area contributed by atoms with Crippen LogP contribution in [0.1, 0.15) is 34.3 Å². The Hall–Kier alpha value is -1.83. The van der Waals surface area contributed by atoms with Crippen LogP contribution in [0.3, 0.4) is 0 Å². The normalized spacial score (nSPS) is 18.1. The Morgan fingerprint density at radius 1 is 1.52 bits per heavy atom. The van der Waals surface area contributed by atoms with Gasteiger partial charge in [-0.05, 0) is 51.1 Å². The number of nitrogens with two attached hydrogens (primary N) is 1. The van der Waals surface area contributed by atoms with Gasteiger partial charge in [0.2, 0.25) is 0 Å². The fourth-order valence-electron chi connectivity index (χ4n) is 2.65. The van der Waals surface area contributed by atoms with E-state index < -0.39 is 0 Å². The van der Waals surface area contributed by atoms with Crippen molar-refractivity contribution in [3.63, 3.8) is 0 Å². The molecule has 1 aromatic rings. The maximum absolute atomic E-state index is 12.4. The van der Waals surface area contributed by atoms with Gasteiger partial charge in [-0.15, -0.1) is 0 Å². The van der Waals surface area contributed by atoms with E-state index >= 15 is 0 Å². The molecule has 0 spiro atoms. The van der Waals surface area contributed by atoms with Gasteiger partial charge in [-0.25, -0.2) is 0 Å². The number of amides is 1. The van der Waals surface area contributed by atoms with Crippen molar-refractivity contribution >= 4 is 5.91 Å². The van der Waals surface area contributed by atoms with Crippen LogP contribution in [0, 0.1) is 18.8 Å². The van der Waals surface area contributed by atoms with Crippen LogP contribution in [0.15, 0.2) is 18.2 Å². The molecule has 0 aliphatic carbocycles. The average Bonchev–Trinajstić information content (AvgIpc) is 2.88. The van der Waals surface area contributed by atoms with Crippen LogP contribution in [0.4, 0.5) is 0 Å². The van der Waals surface area contributed by atoms with Gasteiger partial charge >= 0.3 is 0 Å². The van der Waals surface area contributed by atoms with Crippen molar-refractivity contribution < 1.29 is 4.79 Å². The zero-order valence-corrected chi connectivity index (χ0v) is 12.8. The van der Waals surface area contributed by atoms with Gasteiger partial charge in [-0.3, -0.25) is 4.79 Å². The van der Waals surface area contributed by atoms with Crippen molar-refractivity contribution in [2.45, 2.75) is 25.8 Å². The van der Waals surface area contributed by atoms with E-state index in [-0.39, 0.29) is 5.91 Å². The second kappa shape index (κ2) is 7.26. The minimum Gasteiger partial charge on any atom is -0.350 e. The van der Waals surface area contributed by atoms with Crippen LogP contribution < -0.4 is 11.1 Å². The van der Waals surface area contributed by atoms with Crippen molar-refractivity contribution in [2.75, 3.05) is 26.7 Å². The number of carbonyl (C=O) groups is 1. The van der Waals surface area contributed by atoms with Crippen molar-refractivity contribution in [1.82, 2.24) is 10.2 Å². The fraction of sp³-hybridized carbons (Fsp3) is 0.471. The third-order valence-corrected chi connectivity index (χ3v) is 3.91. The number of aryl methyl sites for hydroxylation is 1. The summed E-state index contributed by atoms with van der Waals surface area (Å²) < 4.78 is 0. The molecule has 1 amide bonds. The standard InChI is InChI=1S/C17H23N3O/c1-13-7-8-16(14(11-13)5-3-9-18)17(21)19-12-15-6-4-10-20(15)2/h7-8,11,15H,4,6,9-10,12,18H2,1-2H3,(H,19,21). The second-order valence-corrected chi connectivity index (χ2v) is 5.54. The van der Waals surface area contributed by atoms with Gasteiger partial charge in [0, 0.05) is 18.2 Å². The molecule has 4 nitrogen and oxygen atoms in total. The number of likely N-dealkylation sites (N-methyl/N-ethyl adjacent to an activating group) is 1. The molecule has 1 saturated heterocycles. The van der Waals surface area contributed by atoms with Gasteiger partial charge in [-0.2, -0.15) is 0 Å². The minimum atomic E-state index is -0.0587. The molecule has 112 valence electrons. The number of benzene rings is 1. The minimum absolute atomic E-state index is 0.0587. The lowest BCUT2D eigenvalue weighted by Gasteiger charge is -2.19. The first-order chi connectivity index (χ1) is 10.1. The smallest absolute Gasteiger partial charge is 0.252 e. The molecule has 0 radical (unpaired) electrons. The van der Waals surface area contributed by atoms with E-state index in [4.69, 9.17) is 5.73 Å². The molecular weight excluding hydrogens is 262 g/mol. The highest BCUT2D eigenvalue weighted by Crippen LogP contribution is 2.15. The Labute approximate surface area is 126 Å². The molecule has 4 heteroatoms. The molecule has 2 rings (SSSR count). The largest absolute Gasteiger partial charge is 0.350 e. The van der Waals surface area contributed by atoms with Gasteiger partial charge in [-0.1, -0.05) is 17.9 Å². The molecule has 0 saturated carbocycles. The molecule has 1 aliphatic heterocycles. The van der Waals surface area contributed by atoms with Crippen molar-refractivity contribution in [3.8, 4) is 11.8 Å². The van der Waals surface area contributed by atoms with Crippen LogP contribution in [-0.4, -0.2) is 43.5 Å². The van der Waals surface area contributed by atoms with Crippen molar-refractivity contribution in [3.05, 3.63) is 34.9 Å². The maximum atomic E-state index is 12.4. The Morgan fingerprint density at radius 2 is 2.33 bits per heavy atom. The summed E-state index contributed by atoms with van der Waals surface area (Å²) in [6.07, 6.45) is 2.35. The van der Waals surface area contributed by atoms with Crippen LogP contribution in [-0.2, 0) is 0 Å². The summed E-state index contributed by atoms with van der Waals surface area (Å²) in [6, 6.07) is 6.14. The lowest BCUT2D eigenvalue weighted by Crippen LogP contribution is -2.38. The Morgan fingerprint density at radius 3 is 3.00 bits per heavy atom. The van der Waals surface area contributed by atoms with Crippen LogP contribution >= 0.6 is 0 Å². The number of carbonyl (C=O) groups excluding carboxylic acids is 1. The number of nitrogens with one attached hydrogen (secondary N) is 1. The van der Waals surface area contributed by atoms with E-state index in [1.807, 2.05) is 25.1 Å².